The molecule has 0 radical (unpaired) electrons. The van der Waals surface area contributed by atoms with Crippen LogP contribution in [-0.2, 0) is 0 Å². The number of nitrogens with one attached hydrogen (secondary N) is 1. The number of nitrogens with zero attached hydrogens (tertiary/aromatic N) is 1. The maximum absolute atomic E-state index is 6.11. The number of fused-ring (bicyclic) bond motifs is 1. The minimum atomic E-state index is 0.361. The first kappa shape index (κ1) is 10.9. The zero-order chi connectivity index (χ0) is 11.7. The number of hydrogen-bond acceptors (Lipinski definition) is 3. The van der Waals surface area contributed by atoms with Crippen molar-refractivity contribution in [1.82, 2.24) is 4.98 Å². The molecule has 3 nitrogen and oxygen atoms in total. The molecule has 17 heavy (non-hydrogen) atoms. The molecule has 4 heteroatoms. The Labute approximate surface area is 105 Å². The number of rotatable bonds is 3. The van der Waals surface area contributed by atoms with Gasteiger partial charge in [-0.25, -0.2) is 4.98 Å². The van der Waals surface area contributed by atoms with E-state index in [9.17, 15) is 0 Å². The summed E-state index contributed by atoms with van der Waals surface area (Å²) in [4.78, 5) is 4.35. The van der Waals surface area contributed by atoms with Crippen LogP contribution in [0, 0.1) is 5.92 Å². The lowest BCUT2D eigenvalue weighted by Crippen LogP contribution is -2.12. The lowest BCUT2D eigenvalue weighted by atomic mass is 10.1. The average Bonchev–Trinajstić information content (AvgIpc) is 2.94. The van der Waals surface area contributed by atoms with Gasteiger partial charge in [-0.2, -0.15) is 0 Å². The molecule has 2 unspecified atom stereocenters. The summed E-state index contributed by atoms with van der Waals surface area (Å²) < 4.78 is 5.35. The summed E-state index contributed by atoms with van der Waals surface area (Å²) in [6.45, 7) is 0.945. The van der Waals surface area contributed by atoms with E-state index in [1.54, 1.807) is 12.5 Å². The Hall–Kier alpha value is -1.22. The van der Waals surface area contributed by atoms with Crippen molar-refractivity contribution in [3.63, 3.8) is 0 Å². The highest BCUT2D eigenvalue weighted by Crippen LogP contribution is 2.30. The molecule has 0 spiro atoms. The molecular weight excluding hydrogens is 236 g/mol. The molecule has 0 aromatic carbocycles. The molecule has 2 heterocycles. The fourth-order valence-corrected chi connectivity index (χ4v) is 2.85. The smallest absolute Gasteiger partial charge is 0.139 e. The minimum Gasteiger partial charge on any atom is -0.464 e. The van der Waals surface area contributed by atoms with Gasteiger partial charge in [-0.15, -0.1) is 11.6 Å². The Morgan fingerprint density at radius 2 is 2.35 bits per heavy atom. The molecule has 0 aliphatic heterocycles. The quantitative estimate of drug-likeness (QED) is 0.845. The third-order valence-corrected chi connectivity index (χ3v) is 3.81. The number of anilines is 1. The Kier molecular flexibility index (Phi) is 2.93. The zero-order valence-electron chi connectivity index (χ0n) is 9.53. The largest absolute Gasteiger partial charge is 0.464 e. The maximum atomic E-state index is 6.11. The van der Waals surface area contributed by atoms with E-state index in [2.05, 4.69) is 10.3 Å². The van der Waals surface area contributed by atoms with Crippen LogP contribution in [-0.4, -0.2) is 16.9 Å². The summed E-state index contributed by atoms with van der Waals surface area (Å²) >= 11 is 6.11. The van der Waals surface area contributed by atoms with Crippen molar-refractivity contribution in [3.8, 4) is 0 Å². The first-order valence-corrected chi connectivity index (χ1v) is 6.47. The van der Waals surface area contributed by atoms with Crippen molar-refractivity contribution in [1.29, 1.82) is 0 Å². The predicted octanol–water partition coefficient (Wildman–Crippen LogP) is 3.65. The Balaban J connectivity index is 1.70. The number of pyridine rings is 1. The van der Waals surface area contributed by atoms with E-state index < -0.39 is 0 Å². The number of furan rings is 1. The number of aromatic nitrogens is 1. The lowest BCUT2D eigenvalue weighted by Gasteiger charge is -2.11. The highest BCUT2D eigenvalue weighted by molar-refractivity contribution is 6.20. The molecule has 1 fully saturated rings. The highest BCUT2D eigenvalue weighted by Gasteiger charge is 2.22. The Morgan fingerprint density at radius 1 is 1.41 bits per heavy atom. The molecular formula is C13H15ClN2O. The average molecular weight is 251 g/mol. The topological polar surface area (TPSA) is 38.1 Å². The van der Waals surface area contributed by atoms with Gasteiger partial charge in [0, 0.05) is 18.1 Å². The van der Waals surface area contributed by atoms with Gasteiger partial charge >= 0.3 is 0 Å². The van der Waals surface area contributed by atoms with Crippen LogP contribution >= 0.6 is 11.6 Å². The summed E-state index contributed by atoms with van der Waals surface area (Å²) in [6.07, 6.45) is 6.92. The van der Waals surface area contributed by atoms with E-state index in [4.69, 9.17) is 16.0 Å². The van der Waals surface area contributed by atoms with E-state index >= 15 is 0 Å². The summed E-state index contributed by atoms with van der Waals surface area (Å²) in [5, 5.41) is 4.82. The van der Waals surface area contributed by atoms with E-state index in [0.29, 0.717) is 11.3 Å². The number of halogens is 1. The first-order valence-electron chi connectivity index (χ1n) is 6.03. The number of hydrogen-bond donors (Lipinski definition) is 1. The molecule has 1 N–H and O–H groups in total. The molecule has 90 valence electrons. The molecule has 1 aliphatic carbocycles. The van der Waals surface area contributed by atoms with Gasteiger partial charge in [0.05, 0.1) is 11.6 Å². The molecule has 3 rings (SSSR count). The van der Waals surface area contributed by atoms with Crippen LogP contribution in [0.5, 0.6) is 0 Å². The van der Waals surface area contributed by atoms with E-state index in [1.807, 2.05) is 12.1 Å². The summed E-state index contributed by atoms with van der Waals surface area (Å²) in [7, 11) is 0. The molecule has 0 saturated heterocycles. The van der Waals surface area contributed by atoms with Gasteiger partial charge in [0.25, 0.3) is 0 Å². The summed E-state index contributed by atoms with van der Waals surface area (Å²) in [6, 6.07) is 3.83. The second-order valence-corrected chi connectivity index (χ2v) is 5.27. The molecule has 0 amide bonds. The van der Waals surface area contributed by atoms with Crippen LogP contribution in [0.4, 0.5) is 5.82 Å². The standard InChI is InChI=1S/C13H15ClN2O/c14-10-2-1-9(7-10)8-16-13-11-4-6-17-12(11)3-5-15-13/h3-6,9-10H,1-2,7-8H2,(H,15,16). The Bertz CT molecular complexity index is 511. The minimum absolute atomic E-state index is 0.361. The van der Waals surface area contributed by atoms with E-state index in [1.165, 1.54) is 6.42 Å². The van der Waals surface area contributed by atoms with Gasteiger partial charge in [0.15, 0.2) is 0 Å². The van der Waals surface area contributed by atoms with Crippen LogP contribution in [0.1, 0.15) is 19.3 Å². The van der Waals surface area contributed by atoms with Crippen molar-refractivity contribution < 1.29 is 4.42 Å². The van der Waals surface area contributed by atoms with Crippen molar-refractivity contribution in [2.45, 2.75) is 24.6 Å². The van der Waals surface area contributed by atoms with Gasteiger partial charge < -0.3 is 9.73 Å². The third kappa shape index (κ3) is 2.25. The molecule has 1 aliphatic rings. The van der Waals surface area contributed by atoms with Crippen molar-refractivity contribution in [2.75, 3.05) is 11.9 Å². The zero-order valence-corrected chi connectivity index (χ0v) is 10.3. The predicted molar refractivity (Wildman–Crippen MR) is 69.5 cm³/mol. The second-order valence-electron chi connectivity index (χ2n) is 4.65. The molecule has 2 aromatic rings. The van der Waals surface area contributed by atoms with Crippen molar-refractivity contribution >= 4 is 28.4 Å². The molecule has 0 bridgehead atoms. The Morgan fingerprint density at radius 3 is 3.18 bits per heavy atom. The SMILES string of the molecule is ClC1CCC(CNc2nccc3occc23)C1. The van der Waals surface area contributed by atoms with Crippen LogP contribution in [0.25, 0.3) is 11.0 Å². The summed E-state index contributed by atoms with van der Waals surface area (Å²) in [5.74, 6) is 1.58. The molecule has 1 saturated carbocycles. The van der Waals surface area contributed by atoms with E-state index in [0.717, 1.165) is 36.2 Å². The van der Waals surface area contributed by atoms with Gasteiger partial charge in [0.1, 0.15) is 11.4 Å². The fourth-order valence-electron chi connectivity index (χ4n) is 2.48. The van der Waals surface area contributed by atoms with Gasteiger partial charge in [-0.05, 0) is 37.3 Å². The summed E-state index contributed by atoms with van der Waals surface area (Å²) in [5.41, 5.74) is 0.879. The number of alkyl halides is 1. The van der Waals surface area contributed by atoms with E-state index in [-0.39, 0.29) is 0 Å². The normalized spacial score (nSPS) is 24.3. The van der Waals surface area contributed by atoms with Gasteiger partial charge in [-0.1, -0.05) is 0 Å². The molecule has 2 atom stereocenters. The third-order valence-electron chi connectivity index (χ3n) is 3.42. The van der Waals surface area contributed by atoms with Gasteiger partial charge in [-0.3, -0.25) is 0 Å². The monoisotopic (exact) mass is 250 g/mol. The fraction of sp³-hybridized carbons (Fsp3) is 0.462. The highest BCUT2D eigenvalue weighted by atomic mass is 35.5. The lowest BCUT2D eigenvalue weighted by molar-refractivity contribution is 0.580. The second kappa shape index (κ2) is 4.57. The van der Waals surface area contributed by atoms with Gasteiger partial charge in [0.2, 0.25) is 0 Å². The van der Waals surface area contributed by atoms with Crippen LogP contribution in [0.15, 0.2) is 29.0 Å². The van der Waals surface area contributed by atoms with Crippen molar-refractivity contribution in [3.05, 3.63) is 24.6 Å². The van der Waals surface area contributed by atoms with Crippen molar-refractivity contribution in [2.24, 2.45) is 5.92 Å². The van der Waals surface area contributed by atoms with Crippen LogP contribution in [0.3, 0.4) is 0 Å². The first-order chi connectivity index (χ1) is 8.33. The maximum Gasteiger partial charge on any atom is 0.139 e. The van der Waals surface area contributed by atoms with Crippen LogP contribution in [0.2, 0.25) is 0 Å². The van der Waals surface area contributed by atoms with Crippen LogP contribution < -0.4 is 5.32 Å². The molecule has 2 aromatic heterocycles.